The van der Waals surface area contributed by atoms with E-state index >= 15 is 0 Å². The van der Waals surface area contributed by atoms with E-state index < -0.39 is 0 Å². The second kappa shape index (κ2) is 8.18. The SMILES string of the molecule is COCc1cccc(C(=O)NC2CCN(c3nccc(-c4ccc[nH]4)n3)C2)n1. The smallest absolute Gasteiger partial charge is 0.270 e. The van der Waals surface area contributed by atoms with Crippen molar-refractivity contribution in [1.29, 1.82) is 0 Å². The Morgan fingerprint density at radius 2 is 2.21 bits per heavy atom. The second-order valence-corrected chi connectivity index (χ2v) is 6.68. The van der Waals surface area contributed by atoms with Gasteiger partial charge in [-0.25, -0.2) is 15.0 Å². The first-order chi connectivity index (χ1) is 13.7. The standard InChI is InChI=1S/C20H22N6O2/c1-28-13-15-4-2-5-18(23-15)19(27)24-14-8-11-26(12-14)20-22-10-7-17(25-20)16-6-3-9-21-16/h2-7,9-10,14,21H,8,11-13H2,1H3,(H,24,27). The summed E-state index contributed by atoms with van der Waals surface area (Å²) in [6.45, 7) is 1.83. The highest BCUT2D eigenvalue weighted by atomic mass is 16.5. The summed E-state index contributed by atoms with van der Waals surface area (Å²) in [4.78, 5) is 31.2. The van der Waals surface area contributed by atoms with Gasteiger partial charge < -0.3 is 19.9 Å². The summed E-state index contributed by atoms with van der Waals surface area (Å²) in [5.41, 5.74) is 2.94. The van der Waals surface area contributed by atoms with Crippen molar-refractivity contribution in [1.82, 2.24) is 25.3 Å². The molecular formula is C20H22N6O2. The zero-order chi connectivity index (χ0) is 19.3. The van der Waals surface area contributed by atoms with E-state index in [1.807, 2.05) is 36.5 Å². The molecule has 8 heteroatoms. The third-order valence-electron chi connectivity index (χ3n) is 4.65. The van der Waals surface area contributed by atoms with Crippen molar-refractivity contribution in [2.75, 3.05) is 25.1 Å². The largest absolute Gasteiger partial charge is 0.378 e. The maximum atomic E-state index is 12.5. The number of aromatic amines is 1. The van der Waals surface area contributed by atoms with Crippen molar-refractivity contribution in [2.24, 2.45) is 0 Å². The van der Waals surface area contributed by atoms with Gasteiger partial charge in [-0.15, -0.1) is 0 Å². The average Bonchev–Trinajstić information content (AvgIpc) is 3.41. The Morgan fingerprint density at radius 1 is 1.29 bits per heavy atom. The van der Waals surface area contributed by atoms with Crippen molar-refractivity contribution < 1.29 is 9.53 Å². The number of nitrogens with one attached hydrogen (secondary N) is 2. The Hall–Kier alpha value is -3.26. The van der Waals surface area contributed by atoms with Crippen LogP contribution < -0.4 is 10.2 Å². The molecule has 0 bridgehead atoms. The Balaban J connectivity index is 1.40. The van der Waals surface area contributed by atoms with E-state index in [4.69, 9.17) is 4.74 Å². The number of methoxy groups -OCH3 is 1. The summed E-state index contributed by atoms with van der Waals surface area (Å²) in [6.07, 6.45) is 4.46. The Kier molecular flexibility index (Phi) is 5.29. The van der Waals surface area contributed by atoms with Gasteiger partial charge in [-0.3, -0.25) is 4.79 Å². The number of hydrogen-bond acceptors (Lipinski definition) is 6. The Labute approximate surface area is 163 Å². The first kappa shape index (κ1) is 18.1. The topological polar surface area (TPSA) is 96.0 Å². The molecule has 4 rings (SSSR count). The second-order valence-electron chi connectivity index (χ2n) is 6.68. The molecule has 28 heavy (non-hydrogen) atoms. The third-order valence-corrected chi connectivity index (χ3v) is 4.65. The Bertz CT molecular complexity index is 943. The van der Waals surface area contributed by atoms with Crippen LogP contribution in [0.3, 0.4) is 0 Å². The van der Waals surface area contributed by atoms with Gasteiger partial charge in [-0.1, -0.05) is 6.07 Å². The van der Waals surface area contributed by atoms with Crippen LogP contribution in [-0.2, 0) is 11.3 Å². The number of H-pyrrole nitrogens is 1. The normalized spacial score (nSPS) is 16.3. The molecule has 1 aliphatic rings. The molecule has 1 atom stereocenters. The molecule has 0 aliphatic carbocycles. The fourth-order valence-electron chi connectivity index (χ4n) is 3.29. The summed E-state index contributed by atoms with van der Waals surface area (Å²) in [5.74, 6) is 0.495. The molecule has 3 aromatic heterocycles. The zero-order valence-electron chi connectivity index (χ0n) is 15.6. The van der Waals surface area contributed by atoms with E-state index in [-0.39, 0.29) is 11.9 Å². The van der Waals surface area contributed by atoms with Gasteiger partial charge in [-0.2, -0.15) is 0 Å². The van der Waals surface area contributed by atoms with Gasteiger partial charge in [0, 0.05) is 38.6 Å². The van der Waals surface area contributed by atoms with Crippen LogP contribution in [-0.4, -0.2) is 52.1 Å². The maximum Gasteiger partial charge on any atom is 0.270 e. The molecular weight excluding hydrogens is 356 g/mol. The number of carbonyl (C=O) groups is 1. The average molecular weight is 378 g/mol. The van der Waals surface area contributed by atoms with E-state index in [0.717, 1.165) is 30.0 Å². The molecule has 0 aromatic carbocycles. The van der Waals surface area contributed by atoms with Crippen LogP contribution in [0.2, 0.25) is 0 Å². The Morgan fingerprint density at radius 3 is 3.04 bits per heavy atom. The fraction of sp³-hybridized carbons (Fsp3) is 0.300. The molecule has 1 aliphatic heterocycles. The van der Waals surface area contributed by atoms with Crippen molar-refractivity contribution in [3.63, 3.8) is 0 Å². The highest BCUT2D eigenvalue weighted by Gasteiger charge is 2.26. The minimum Gasteiger partial charge on any atom is -0.378 e. The van der Waals surface area contributed by atoms with Crippen molar-refractivity contribution >= 4 is 11.9 Å². The van der Waals surface area contributed by atoms with Gasteiger partial charge in [0.05, 0.1) is 23.7 Å². The van der Waals surface area contributed by atoms with Gasteiger partial charge in [0.2, 0.25) is 5.95 Å². The number of pyridine rings is 1. The summed E-state index contributed by atoms with van der Waals surface area (Å²) >= 11 is 0. The molecule has 0 spiro atoms. The molecule has 0 saturated carbocycles. The molecule has 1 unspecified atom stereocenters. The van der Waals surface area contributed by atoms with Crippen molar-refractivity contribution in [3.05, 3.63) is 60.2 Å². The molecule has 0 radical (unpaired) electrons. The number of carbonyl (C=O) groups excluding carboxylic acids is 1. The van der Waals surface area contributed by atoms with E-state index in [1.54, 1.807) is 19.4 Å². The molecule has 4 heterocycles. The zero-order valence-corrected chi connectivity index (χ0v) is 15.6. The summed E-state index contributed by atoms with van der Waals surface area (Å²) in [6, 6.07) is 11.2. The molecule has 1 fully saturated rings. The van der Waals surface area contributed by atoms with E-state index in [0.29, 0.717) is 24.8 Å². The predicted molar refractivity (Wildman–Crippen MR) is 105 cm³/mol. The van der Waals surface area contributed by atoms with Crippen LogP contribution in [0.4, 0.5) is 5.95 Å². The van der Waals surface area contributed by atoms with Crippen LogP contribution in [0.15, 0.2) is 48.8 Å². The summed E-state index contributed by atoms with van der Waals surface area (Å²) < 4.78 is 5.08. The molecule has 3 aromatic rings. The number of hydrogen-bond donors (Lipinski definition) is 2. The number of nitrogens with zero attached hydrogens (tertiary/aromatic N) is 4. The van der Waals surface area contributed by atoms with Crippen LogP contribution >= 0.6 is 0 Å². The van der Waals surface area contributed by atoms with Gasteiger partial charge >= 0.3 is 0 Å². The molecule has 8 nitrogen and oxygen atoms in total. The first-order valence-electron chi connectivity index (χ1n) is 9.20. The van der Waals surface area contributed by atoms with Crippen LogP contribution in [0.25, 0.3) is 11.4 Å². The van der Waals surface area contributed by atoms with E-state index in [2.05, 4.69) is 30.2 Å². The lowest BCUT2D eigenvalue weighted by Crippen LogP contribution is -2.37. The maximum absolute atomic E-state index is 12.5. The van der Waals surface area contributed by atoms with Gasteiger partial charge in [0.1, 0.15) is 5.69 Å². The highest BCUT2D eigenvalue weighted by molar-refractivity contribution is 5.92. The predicted octanol–water partition coefficient (Wildman–Crippen LogP) is 2.02. The number of amides is 1. The van der Waals surface area contributed by atoms with Crippen molar-refractivity contribution in [3.8, 4) is 11.4 Å². The first-order valence-corrected chi connectivity index (χ1v) is 9.20. The molecule has 1 saturated heterocycles. The molecule has 144 valence electrons. The molecule has 2 N–H and O–H groups in total. The van der Waals surface area contributed by atoms with Crippen LogP contribution in [0.5, 0.6) is 0 Å². The highest BCUT2D eigenvalue weighted by Crippen LogP contribution is 2.20. The van der Waals surface area contributed by atoms with Crippen LogP contribution in [0, 0.1) is 0 Å². The lowest BCUT2D eigenvalue weighted by atomic mass is 10.2. The lowest BCUT2D eigenvalue weighted by molar-refractivity contribution is 0.0934. The van der Waals surface area contributed by atoms with Crippen LogP contribution in [0.1, 0.15) is 22.6 Å². The minimum absolute atomic E-state index is 0.0260. The third kappa shape index (κ3) is 4.01. The molecule has 1 amide bonds. The summed E-state index contributed by atoms with van der Waals surface area (Å²) in [5, 5.41) is 3.06. The monoisotopic (exact) mass is 378 g/mol. The van der Waals surface area contributed by atoms with E-state index in [9.17, 15) is 4.79 Å². The van der Waals surface area contributed by atoms with Gasteiger partial charge in [0.15, 0.2) is 0 Å². The number of aromatic nitrogens is 4. The van der Waals surface area contributed by atoms with Gasteiger partial charge in [-0.05, 0) is 36.8 Å². The quantitative estimate of drug-likeness (QED) is 0.681. The van der Waals surface area contributed by atoms with Crippen molar-refractivity contribution in [2.45, 2.75) is 19.1 Å². The summed E-state index contributed by atoms with van der Waals surface area (Å²) in [7, 11) is 1.61. The number of anilines is 1. The minimum atomic E-state index is -0.175. The van der Waals surface area contributed by atoms with Gasteiger partial charge in [0.25, 0.3) is 5.91 Å². The number of ether oxygens (including phenoxy) is 1. The van der Waals surface area contributed by atoms with E-state index in [1.165, 1.54) is 0 Å². The lowest BCUT2D eigenvalue weighted by Gasteiger charge is -2.17. The number of rotatable bonds is 6. The fourth-order valence-corrected chi connectivity index (χ4v) is 3.29.